The minimum absolute atomic E-state index is 0.00589. The average Bonchev–Trinajstić information content (AvgIpc) is 3.50. The molecule has 4 N–H and O–H groups in total. The Morgan fingerprint density at radius 1 is 1.14 bits per heavy atom. The molecule has 1 aliphatic rings. The highest BCUT2D eigenvalue weighted by Crippen LogP contribution is 2.38. The Kier molecular flexibility index (Phi) is 6.52. The van der Waals surface area contributed by atoms with Crippen molar-refractivity contribution in [1.29, 1.82) is 0 Å². The molecule has 0 atom stereocenters. The van der Waals surface area contributed by atoms with Gasteiger partial charge in [0.25, 0.3) is 11.8 Å². The van der Waals surface area contributed by atoms with Crippen LogP contribution in [0.1, 0.15) is 49.7 Å². The first-order valence-electron chi connectivity index (χ1n) is 11.2. The van der Waals surface area contributed by atoms with E-state index in [1.807, 2.05) is 12.1 Å². The zero-order valence-electron chi connectivity index (χ0n) is 18.6. The Bertz CT molecular complexity index is 1400. The number of nitrogens with one attached hydrogen (secondary N) is 3. The molecule has 35 heavy (non-hydrogen) atoms. The van der Waals surface area contributed by atoms with Crippen LogP contribution in [0.4, 0.5) is 5.00 Å². The number of hydrogen-bond acceptors (Lipinski definition) is 6. The Balaban J connectivity index is 1.39. The quantitative estimate of drug-likeness (QED) is 0.294. The molecule has 1 aromatic carbocycles. The lowest BCUT2D eigenvalue weighted by Gasteiger charge is -2.13. The second-order valence-corrected chi connectivity index (χ2v) is 9.78. The summed E-state index contributed by atoms with van der Waals surface area (Å²) in [6, 6.07) is 9.87. The minimum atomic E-state index is -0.426. The van der Waals surface area contributed by atoms with Crippen LogP contribution in [-0.2, 0) is 19.4 Å². The summed E-state index contributed by atoms with van der Waals surface area (Å²) in [6.45, 7) is 0.345. The highest BCUT2D eigenvalue weighted by Gasteiger charge is 2.27. The predicted molar refractivity (Wildman–Crippen MR) is 135 cm³/mol. The van der Waals surface area contributed by atoms with E-state index >= 15 is 0 Å². The molecule has 178 valence electrons. The summed E-state index contributed by atoms with van der Waals surface area (Å²) in [5.41, 5.74) is 3.42. The molecular formula is C25H22ClN5O3S. The lowest BCUT2D eigenvalue weighted by molar-refractivity contribution is 0.0951. The van der Waals surface area contributed by atoms with E-state index in [4.69, 9.17) is 11.6 Å². The number of anilines is 1. The van der Waals surface area contributed by atoms with Crippen LogP contribution in [0.3, 0.4) is 0 Å². The first-order valence-corrected chi connectivity index (χ1v) is 12.4. The first-order chi connectivity index (χ1) is 17.0. The molecule has 10 heteroatoms. The topological polar surface area (TPSA) is 120 Å². The molecule has 3 heterocycles. The van der Waals surface area contributed by atoms with Gasteiger partial charge in [-0.25, -0.2) is 0 Å². The SMILES string of the molecule is O=C(Nc1sc2c(c1C(=O)NCc1cccnc1)CCCC2)c1cc(-c2cc(Cl)ccc2O)n[nH]1. The predicted octanol–water partition coefficient (Wildman–Crippen LogP) is 4.95. The maximum atomic E-state index is 13.2. The Labute approximate surface area is 210 Å². The van der Waals surface area contributed by atoms with E-state index in [-0.39, 0.29) is 17.4 Å². The van der Waals surface area contributed by atoms with Crippen LogP contribution in [0.15, 0.2) is 48.8 Å². The second-order valence-electron chi connectivity index (χ2n) is 8.24. The summed E-state index contributed by atoms with van der Waals surface area (Å²) in [4.78, 5) is 31.5. The number of carbonyl (C=O) groups excluding carboxylic acids is 2. The monoisotopic (exact) mass is 507 g/mol. The smallest absolute Gasteiger partial charge is 0.274 e. The number of halogens is 1. The molecule has 0 saturated carbocycles. The Morgan fingerprint density at radius 3 is 2.83 bits per heavy atom. The fourth-order valence-electron chi connectivity index (χ4n) is 4.13. The highest BCUT2D eigenvalue weighted by molar-refractivity contribution is 7.17. The van der Waals surface area contributed by atoms with Gasteiger partial charge in [0.05, 0.1) is 11.3 Å². The fraction of sp³-hybridized carbons (Fsp3) is 0.200. The average molecular weight is 508 g/mol. The summed E-state index contributed by atoms with van der Waals surface area (Å²) in [5.74, 6) is -0.644. The summed E-state index contributed by atoms with van der Waals surface area (Å²) >= 11 is 7.48. The van der Waals surface area contributed by atoms with Gasteiger partial charge in [-0.1, -0.05) is 17.7 Å². The number of amides is 2. The van der Waals surface area contributed by atoms with Gasteiger partial charge in [0, 0.05) is 34.4 Å². The highest BCUT2D eigenvalue weighted by atomic mass is 35.5. The number of phenolic OH excluding ortho intramolecular Hbond substituents is 1. The van der Waals surface area contributed by atoms with Crippen molar-refractivity contribution in [3.8, 4) is 17.0 Å². The lowest BCUT2D eigenvalue weighted by Crippen LogP contribution is -2.25. The number of fused-ring (bicyclic) bond motifs is 1. The number of aromatic hydroxyl groups is 1. The van der Waals surface area contributed by atoms with Gasteiger partial charge in [-0.3, -0.25) is 19.7 Å². The number of aromatic nitrogens is 3. The molecule has 0 aliphatic heterocycles. The van der Waals surface area contributed by atoms with E-state index in [1.165, 1.54) is 23.5 Å². The van der Waals surface area contributed by atoms with E-state index in [1.54, 1.807) is 24.5 Å². The molecule has 0 unspecified atom stereocenters. The van der Waals surface area contributed by atoms with E-state index in [0.29, 0.717) is 33.4 Å². The molecular weight excluding hydrogens is 486 g/mol. The number of aryl methyl sites for hydroxylation is 1. The van der Waals surface area contributed by atoms with Gasteiger partial charge in [0.1, 0.15) is 16.4 Å². The molecule has 2 amide bonds. The summed E-state index contributed by atoms with van der Waals surface area (Å²) in [7, 11) is 0. The van der Waals surface area contributed by atoms with Crippen LogP contribution in [0.5, 0.6) is 5.75 Å². The van der Waals surface area contributed by atoms with Crippen LogP contribution >= 0.6 is 22.9 Å². The van der Waals surface area contributed by atoms with Crippen molar-refractivity contribution in [1.82, 2.24) is 20.5 Å². The fourth-order valence-corrected chi connectivity index (χ4v) is 5.58. The third-order valence-corrected chi connectivity index (χ3v) is 7.30. The third-order valence-electron chi connectivity index (χ3n) is 5.86. The van der Waals surface area contributed by atoms with Crippen molar-refractivity contribution in [2.45, 2.75) is 32.2 Å². The molecule has 8 nitrogen and oxygen atoms in total. The van der Waals surface area contributed by atoms with Crippen molar-refractivity contribution in [2.24, 2.45) is 0 Å². The van der Waals surface area contributed by atoms with Crippen molar-refractivity contribution in [3.05, 3.63) is 81.1 Å². The maximum Gasteiger partial charge on any atom is 0.274 e. The van der Waals surface area contributed by atoms with Crippen molar-refractivity contribution in [3.63, 3.8) is 0 Å². The van der Waals surface area contributed by atoms with Crippen LogP contribution < -0.4 is 10.6 Å². The van der Waals surface area contributed by atoms with Crippen molar-refractivity contribution < 1.29 is 14.7 Å². The number of nitrogens with zero attached hydrogens (tertiary/aromatic N) is 2. The van der Waals surface area contributed by atoms with E-state index in [2.05, 4.69) is 25.8 Å². The van der Waals surface area contributed by atoms with E-state index in [9.17, 15) is 14.7 Å². The maximum absolute atomic E-state index is 13.2. The van der Waals surface area contributed by atoms with Gasteiger partial charge in [0.15, 0.2) is 0 Å². The normalized spacial score (nSPS) is 12.7. The molecule has 0 fully saturated rings. The van der Waals surface area contributed by atoms with Gasteiger partial charge in [-0.2, -0.15) is 5.10 Å². The molecule has 4 aromatic rings. The molecule has 0 radical (unpaired) electrons. The van der Waals surface area contributed by atoms with Crippen molar-refractivity contribution in [2.75, 3.05) is 5.32 Å². The first kappa shape index (κ1) is 23.1. The number of H-pyrrole nitrogens is 1. The summed E-state index contributed by atoms with van der Waals surface area (Å²) in [6.07, 6.45) is 7.15. The zero-order valence-corrected chi connectivity index (χ0v) is 20.2. The Morgan fingerprint density at radius 2 is 2.00 bits per heavy atom. The number of phenols is 1. The molecule has 0 spiro atoms. The third kappa shape index (κ3) is 4.91. The van der Waals surface area contributed by atoms with E-state index < -0.39 is 5.91 Å². The van der Waals surface area contributed by atoms with Crippen LogP contribution in [0.2, 0.25) is 5.02 Å². The molecule has 0 bridgehead atoms. The Hall–Kier alpha value is -3.69. The number of aromatic amines is 1. The van der Waals surface area contributed by atoms with Gasteiger partial charge in [0.2, 0.25) is 0 Å². The standard InChI is InChI=1S/C25H22ClN5O3S/c26-15-7-8-20(32)17(10-15)18-11-19(31-30-18)23(33)29-25-22(16-5-1-2-6-21(16)35-25)24(34)28-13-14-4-3-9-27-12-14/h3-4,7-12,32H,1-2,5-6,13H2,(H,28,34)(H,29,33)(H,30,31). The number of rotatable bonds is 6. The number of carbonyl (C=O) groups is 2. The van der Waals surface area contributed by atoms with Crippen LogP contribution in [0, 0.1) is 0 Å². The number of hydrogen-bond donors (Lipinski definition) is 4. The zero-order chi connectivity index (χ0) is 24.4. The van der Waals surface area contributed by atoms with Gasteiger partial charge in [-0.15, -0.1) is 11.3 Å². The van der Waals surface area contributed by atoms with Gasteiger partial charge >= 0.3 is 0 Å². The van der Waals surface area contributed by atoms with Crippen LogP contribution in [-0.4, -0.2) is 32.1 Å². The second kappa shape index (κ2) is 9.89. The van der Waals surface area contributed by atoms with Gasteiger partial charge in [-0.05, 0) is 67.1 Å². The number of pyridine rings is 1. The van der Waals surface area contributed by atoms with Crippen LogP contribution in [0.25, 0.3) is 11.3 Å². The van der Waals surface area contributed by atoms with Crippen molar-refractivity contribution >= 4 is 39.8 Å². The summed E-state index contributed by atoms with van der Waals surface area (Å²) in [5, 5.41) is 23.8. The molecule has 5 rings (SSSR count). The van der Waals surface area contributed by atoms with Gasteiger partial charge < -0.3 is 15.7 Å². The summed E-state index contributed by atoms with van der Waals surface area (Å²) < 4.78 is 0. The largest absolute Gasteiger partial charge is 0.507 e. The number of benzene rings is 1. The lowest BCUT2D eigenvalue weighted by atomic mass is 9.95. The molecule has 3 aromatic heterocycles. The van der Waals surface area contributed by atoms with E-state index in [0.717, 1.165) is 41.7 Å². The minimum Gasteiger partial charge on any atom is -0.507 e. The molecule has 0 saturated heterocycles. The number of thiophene rings is 1. The molecule has 1 aliphatic carbocycles.